The van der Waals surface area contributed by atoms with Gasteiger partial charge in [0.2, 0.25) is 0 Å². The summed E-state index contributed by atoms with van der Waals surface area (Å²) in [4.78, 5) is 29.4. The van der Waals surface area contributed by atoms with E-state index in [1.165, 1.54) is 12.8 Å². The van der Waals surface area contributed by atoms with Gasteiger partial charge in [-0.1, -0.05) is 31.2 Å². The Morgan fingerprint density at radius 1 is 1.24 bits per heavy atom. The van der Waals surface area contributed by atoms with E-state index in [-0.39, 0.29) is 6.61 Å². The Hall–Kier alpha value is -1.04. The first-order valence-electron chi connectivity index (χ1n) is 5.23. The van der Waals surface area contributed by atoms with Gasteiger partial charge in [0.05, 0.1) is 6.61 Å². The van der Waals surface area contributed by atoms with Crippen LogP contribution in [-0.4, -0.2) is 30.1 Å². The molecule has 0 radical (unpaired) electrons. The van der Waals surface area contributed by atoms with Gasteiger partial charge in [-0.3, -0.25) is 4.79 Å². The van der Waals surface area contributed by atoms with E-state index >= 15 is 0 Å². The Balaban J connectivity index is 0. The highest BCUT2D eigenvalue weighted by atomic mass is 31.1. The Labute approximate surface area is 101 Å². The van der Waals surface area contributed by atoms with Gasteiger partial charge in [0.25, 0.3) is 0 Å². The molecule has 2 N–H and O–H groups in total. The third-order valence-corrected chi connectivity index (χ3v) is 1.72. The SMILES string of the molecule is CCCC.CCOC(=O)C(=O)NCO[P+](=O)O. The van der Waals surface area contributed by atoms with Crippen molar-refractivity contribution in [3.63, 3.8) is 0 Å². The van der Waals surface area contributed by atoms with Crippen LogP contribution in [0.1, 0.15) is 33.6 Å². The van der Waals surface area contributed by atoms with E-state index in [4.69, 9.17) is 4.89 Å². The van der Waals surface area contributed by atoms with E-state index in [1.54, 1.807) is 6.92 Å². The lowest BCUT2D eigenvalue weighted by molar-refractivity contribution is -0.154. The van der Waals surface area contributed by atoms with Crippen molar-refractivity contribution < 1.29 is 28.3 Å². The second-order valence-corrected chi connectivity index (χ2v) is 3.47. The number of hydrogen-bond donors (Lipinski definition) is 2. The second kappa shape index (κ2) is 13.0. The van der Waals surface area contributed by atoms with Gasteiger partial charge in [0, 0.05) is 4.57 Å². The summed E-state index contributed by atoms with van der Waals surface area (Å²) in [5, 5.41) is 1.92. The normalized spacial score (nSPS) is 9.76. The molecular formula is C9H19NO6P+. The molecule has 0 fully saturated rings. The predicted molar refractivity (Wildman–Crippen MR) is 61.1 cm³/mol. The van der Waals surface area contributed by atoms with Crippen molar-refractivity contribution >= 4 is 20.1 Å². The Morgan fingerprint density at radius 3 is 2.12 bits per heavy atom. The van der Waals surface area contributed by atoms with E-state index < -0.39 is 26.9 Å². The lowest BCUT2D eigenvalue weighted by atomic mass is 10.4. The molecule has 1 atom stereocenters. The number of ether oxygens (including phenoxy) is 1. The van der Waals surface area contributed by atoms with Crippen molar-refractivity contribution in [3.8, 4) is 0 Å². The summed E-state index contributed by atoms with van der Waals surface area (Å²) >= 11 is 0. The molecule has 0 aliphatic rings. The maximum absolute atomic E-state index is 10.7. The molecule has 0 spiro atoms. The Kier molecular flexibility index (Phi) is 14.0. The first-order valence-corrected chi connectivity index (χ1v) is 6.36. The van der Waals surface area contributed by atoms with Crippen molar-refractivity contribution in [2.45, 2.75) is 33.6 Å². The van der Waals surface area contributed by atoms with Gasteiger partial charge in [-0.25, -0.2) is 4.79 Å². The number of rotatable bonds is 5. The van der Waals surface area contributed by atoms with Gasteiger partial charge in [0.1, 0.15) is 0 Å². The molecule has 0 aromatic heterocycles. The van der Waals surface area contributed by atoms with Crippen LogP contribution in [0.15, 0.2) is 0 Å². The molecule has 1 amide bonds. The second-order valence-electron chi connectivity index (χ2n) is 2.74. The zero-order chi connectivity index (χ0) is 13.7. The van der Waals surface area contributed by atoms with E-state index in [0.717, 1.165) is 0 Å². The third kappa shape index (κ3) is 15.0. The van der Waals surface area contributed by atoms with Gasteiger partial charge in [0.15, 0.2) is 6.73 Å². The third-order valence-electron chi connectivity index (χ3n) is 1.37. The van der Waals surface area contributed by atoms with Crippen LogP contribution in [0.25, 0.3) is 0 Å². The monoisotopic (exact) mass is 268 g/mol. The molecule has 100 valence electrons. The minimum absolute atomic E-state index is 0.0847. The summed E-state index contributed by atoms with van der Waals surface area (Å²) in [7, 11) is -2.78. The summed E-state index contributed by atoms with van der Waals surface area (Å²) < 4.78 is 18.3. The first-order chi connectivity index (χ1) is 7.99. The van der Waals surface area contributed by atoms with Crippen LogP contribution in [0, 0.1) is 0 Å². The van der Waals surface area contributed by atoms with Crippen LogP contribution in [0.4, 0.5) is 0 Å². The minimum Gasteiger partial charge on any atom is -0.459 e. The quantitative estimate of drug-likeness (QED) is 0.335. The molecule has 0 saturated heterocycles. The molecule has 0 saturated carbocycles. The smallest absolute Gasteiger partial charge is 0.459 e. The van der Waals surface area contributed by atoms with Crippen molar-refractivity contribution in [1.82, 2.24) is 5.32 Å². The molecule has 1 unspecified atom stereocenters. The summed E-state index contributed by atoms with van der Waals surface area (Å²) in [5.74, 6) is -2.07. The van der Waals surface area contributed by atoms with Crippen molar-refractivity contribution in [3.05, 3.63) is 0 Å². The zero-order valence-electron chi connectivity index (χ0n) is 10.3. The van der Waals surface area contributed by atoms with Crippen molar-refractivity contribution in [2.75, 3.05) is 13.3 Å². The number of carbonyl (C=O) groups excluding carboxylic acids is 2. The highest BCUT2D eigenvalue weighted by Gasteiger charge is 2.17. The summed E-state index contributed by atoms with van der Waals surface area (Å²) in [6.07, 6.45) is 2.64. The van der Waals surface area contributed by atoms with E-state index in [2.05, 4.69) is 23.1 Å². The lowest BCUT2D eigenvalue weighted by Gasteiger charge is -1.99. The summed E-state index contributed by atoms with van der Waals surface area (Å²) in [6, 6.07) is 0. The largest absolute Gasteiger partial charge is 0.696 e. The minimum atomic E-state index is -2.78. The number of esters is 1. The van der Waals surface area contributed by atoms with Gasteiger partial charge in [-0.05, 0) is 6.92 Å². The number of unbranched alkanes of at least 4 members (excludes halogenated alkanes) is 1. The van der Waals surface area contributed by atoms with Crippen LogP contribution in [-0.2, 0) is 23.4 Å². The van der Waals surface area contributed by atoms with E-state index in [0.29, 0.717) is 0 Å². The van der Waals surface area contributed by atoms with Crippen LogP contribution in [0.2, 0.25) is 0 Å². The fraction of sp³-hybridized carbons (Fsp3) is 0.778. The fourth-order valence-electron chi connectivity index (χ4n) is 0.422. The highest BCUT2D eigenvalue weighted by molar-refractivity contribution is 7.32. The molecule has 0 aromatic carbocycles. The molecule has 0 aromatic rings. The Morgan fingerprint density at radius 2 is 1.76 bits per heavy atom. The summed E-state index contributed by atoms with van der Waals surface area (Å²) in [6.45, 7) is 5.48. The average molecular weight is 268 g/mol. The highest BCUT2D eigenvalue weighted by Crippen LogP contribution is 2.11. The van der Waals surface area contributed by atoms with Crippen LogP contribution < -0.4 is 5.32 Å². The maximum Gasteiger partial charge on any atom is 0.696 e. The molecule has 0 bridgehead atoms. The summed E-state index contributed by atoms with van der Waals surface area (Å²) in [5.41, 5.74) is 0. The standard InChI is InChI=1S/C5H8NO6P.C4H10/c1-2-11-5(8)4(7)6-3-12-13(9)10;1-3-4-2/h2-3H2,1H3,(H-,6,7,9,10);3-4H2,1-2H3/p+1. The van der Waals surface area contributed by atoms with E-state index in [1.807, 2.05) is 5.32 Å². The predicted octanol–water partition coefficient (Wildman–Crippen LogP) is 1.10. The average Bonchev–Trinajstić information content (AvgIpc) is 2.29. The molecule has 0 aliphatic heterocycles. The molecule has 0 aliphatic carbocycles. The van der Waals surface area contributed by atoms with Gasteiger partial charge in [-0.15, -0.1) is 4.89 Å². The number of nitrogens with one attached hydrogen (secondary N) is 1. The van der Waals surface area contributed by atoms with Gasteiger partial charge in [-0.2, -0.15) is 0 Å². The molecule has 17 heavy (non-hydrogen) atoms. The number of carbonyl (C=O) groups is 2. The molecule has 8 heteroatoms. The molecule has 0 heterocycles. The molecule has 0 rings (SSSR count). The number of amides is 1. The van der Waals surface area contributed by atoms with Crippen LogP contribution in [0.5, 0.6) is 0 Å². The topological polar surface area (TPSA) is 102 Å². The van der Waals surface area contributed by atoms with Gasteiger partial charge < -0.3 is 10.1 Å². The first kappa shape index (κ1) is 18.3. The fourth-order valence-corrected chi connectivity index (χ4v) is 0.597. The van der Waals surface area contributed by atoms with Crippen LogP contribution in [0.3, 0.4) is 0 Å². The zero-order valence-corrected chi connectivity index (χ0v) is 11.2. The molecule has 7 nitrogen and oxygen atoms in total. The number of hydrogen-bond acceptors (Lipinski definition) is 5. The Bertz CT molecular complexity index is 244. The molecular weight excluding hydrogens is 249 g/mol. The van der Waals surface area contributed by atoms with Crippen molar-refractivity contribution in [2.24, 2.45) is 0 Å². The van der Waals surface area contributed by atoms with Gasteiger partial charge >= 0.3 is 20.1 Å². The maximum atomic E-state index is 10.7. The van der Waals surface area contributed by atoms with Crippen molar-refractivity contribution in [1.29, 1.82) is 0 Å². The van der Waals surface area contributed by atoms with Crippen LogP contribution >= 0.6 is 8.25 Å². The lowest BCUT2D eigenvalue weighted by Crippen LogP contribution is -2.33. The van der Waals surface area contributed by atoms with E-state index in [9.17, 15) is 14.2 Å².